The fourth-order valence-corrected chi connectivity index (χ4v) is 4.69. The van der Waals surface area contributed by atoms with Gasteiger partial charge in [-0.1, -0.05) is 30.3 Å². The molecular weight excluding hydrogens is 362 g/mol. The zero-order valence-electron chi connectivity index (χ0n) is 15.2. The van der Waals surface area contributed by atoms with Crippen LogP contribution in [0.15, 0.2) is 36.4 Å². The fraction of sp³-hybridized carbons (Fsp3) is 0.429. The van der Waals surface area contributed by atoms with Crippen molar-refractivity contribution in [3.8, 4) is 11.1 Å². The summed E-state index contributed by atoms with van der Waals surface area (Å²) in [5.41, 5.74) is 2.10. The van der Waals surface area contributed by atoms with Crippen LogP contribution in [0.4, 0.5) is 5.00 Å². The van der Waals surface area contributed by atoms with E-state index in [0.717, 1.165) is 42.1 Å². The maximum atomic E-state index is 12.7. The van der Waals surface area contributed by atoms with Gasteiger partial charge in [0.15, 0.2) is 11.9 Å². The molecule has 0 amide bonds. The molecule has 1 aromatic heterocycles. The van der Waals surface area contributed by atoms with Crippen molar-refractivity contribution in [3.05, 3.63) is 41.3 Å². The highest BCUT2D eigenvalue weighted by atomic mass is 32.1. The van der Waals surface area contributed by atoms with Crippen LogP contribution < -0.4 is 4.90 Å². The Morgan fingerprint density at radius 1 is 1.15 bits per heavy atom. The number of ketones is 1. The van der Waals surface area contributed by atoms with Gasteiger partial charge in [-0.15, -0.1) is 11.3 Å². The van der Waals surface area contributed by atoms with Crippen LogP contribution in [-0.4, -0.2) is 44.2 Å². The molecule has 0 spiro atoms. The average Bonchev–Trinajstić information content (AvgIpc) is 3.17. The summed E-state index contributed by atoms with van der Waals surface area (Å²) in [5.74, 6) is -0.347. The summed E-state index contributed by atoms with van der Waals surface area (Å²) < 4.78 is 11.0. The summed E-state index contributed by atoms with van der Waals surface area (Å²) in [7, 11) is 0. The third-order valence-corrected chi connectivity index (χ3v) is 6.22. The predicted octanol–water partition coefficient (Wildman–Crippen LogP) is 3.92. The van der Waals surface area contributed by atoms with E-state index in [1.165, 1.54) is 11.3 Å². The molecular formula is C21H23NO4S. The van der Waals surface area contributed by atoms with E-state index in [2.05, 4.69) is 4.90 Å². The highest BCUT2D eigenvalue weighted by molar-refractivity contribution is 7.18. The van der Waals surface area contributed by atoms with Crippen LogP contribution >= 0.6 is 11.3 Å². The van der Waals surface area contributed by atoms with Crippen molar-refractivity contribution >= 4 is 28.1 Å². The summed E-state index contributed by atoms with van der Waals surface area (Å²) in [6, 6.07) is 12.0. The molecule has 0 bridgehead atoms. The monoisotopic (exact) mass is 385 g/mol. The average molecular weight is 385 g/mol. The van der Waals surface area contributed by atoms with E-state index in [9.17, 15) is 9.59 Å². The number of morpholine rings is 1. The van der Waals surface area contributed by atoms with Crippen LogP contribution in [0.2, 0.25) is 0 Å². The Bertz CT molecular complexity index is 811. The lowest BCUT2D eigenvalue weighted by Gasteiger charge is -2.28. The number of hydrogen-bond donors (Lipinski definition) is 0. The highest BCUT2D eigenvalue weighted by Crippen LogP contribution is 2.40. The Kier molecular flexibility index (Phi) is 5.55. The molecule has 0 radical (unpaired) electrons. The van der Waals surface area contributed by atoms with Gasteiger partial charge in [-0.3, -0.25) is 4.79 Å². The summed E-state index contributed by atoms with van der Waals surface area (Å²) >= 11 is 1.44. The summed E-state index contributed by atoms with van der Waals surface area (Å²) in [5, 5.41) is 1.06. The number of anilines is 1. The molecule has 0 N–H and O–H groups in total. The fourth-order valence-electron chi connectivity index (χ4n) is 3.57. The highest BCUT2D eigenvalue weighted by Gasteiger charge is 2.28. The van der Waals surface area contributed by atoms with Crippen molar-refractivity contribution < 1.29 is 19.1 Å². The van der Waals surface area contributed by atoms with Crippen molar-refractivity contribution in [1.82, 2.24) is 0 Å². The number of esters is 1. The number of ether oxygens (including phenoxy) is 2. The van der Waals surface area contributed by atoms with Crippen molar-refractivity contribution in [1.29, 1.82) is 0 Å². The molecule has 5 nitrogen and oxygen atoms in total. The molecule has 2 fully saturated rings. The van der Waals surface area contributed by atoms with Gasteiger partial charge < -0.3 is 14.4 Å². The van der Waals surface area contributed by atoms with Gasteiger partial charge in [-0.05, 0) is 30.9 Å². The lowest BCUT2D eigenvalue weighted by Crippen LogP contribution is -2.35. The molecule has 2 heterocycles. The van der Waals surface area contributed by atoms with Gasteiger partial charge in [-0.25, -0.2) is 4.79 Å². The van der Waals surface area contributed by atoms with E-state index in [0.29, 0.717) is 30.9 Å². The number of rotatable bonds is 4. The molecule has 1 atom stereocenters. The molecule has 6 heteroatoms. The number of nitrogens with zero attached hydrogens (tertiary/aromatic N) is 1. The van der Waals surface area contributed by atoms with E-state index >= 15 is 0 Å². The molecule has 4 rings (SSSR count). The zero-order chi connectivity index (χ0) is 18.6. The maximum Gasteiger partial charge on any atom is 0.349 e. The Morgan fingerprint density at radius 3 is 2.67 bits per heavy atom. The first-order valence-electron chi connectivity index (χ1n) is 9.48. The van der Waals surface area contributed by atoms with Gasteiger partial charge in [0.1, 0.15) is 4.88 Å². The first-order chi connectivity index (χ1) is 13.2. The minimum absolute atomic E-state index is 0.0443. The molecule has 142 valence electrons. The SMILES string of the molecule is O=C(O[C@H]1CCCCC1=O)c1cc(-c2ccccc2)c(N2CCOCC2)s1. The smallest absolute Gasteiger partial charge is 0.349 e. The molecule has 1 aromatic carbocycles. The predicted molar refractivity (Wildman–Crippen MR) is 105 cm³/mol. The van der Waals surface area contributed by atoms with Crippen LogP contribution in [0.1, 0.15) is 35.4 Å². The van der Waals surface area contributed by atoms with E-state index in [1.807, 2.05) is 36.4 Å². The molecule has 2 aromatic rings. The number of benzene rings is 1. The Hall–Kier alpha value is -2.18. The standard InChI is InChI=1S/C21H23NO4S/c23-17-8-4-5-9-18(17)26-21(24)19-14-16(15-6-2-1-3-7-15)20(27-19)22-10-12-25-13-11-22/h1-3,6-7,14,18H,4-5,8-13H2/t18-/m0/s1. The van der Waals surface area contributed by atoms with E-state index in [1.54, 1.807) is 0 Å². The first-order valence-corrected chi connectivity index (χ1v) is 10.3. The molecule has 1 aliphatic carbocycles. The number of carbonyl (C=O) groups is 2. The Balaban J connectivity index is 1.62. The van der Waals surface area contributed by atoms with Crippen molar-refractivity contribution in [2.75, 3.05) is 31.2 Å². The largest absolute Gasteiger partial charge is 0.450 e. The second kappa shape index (κ2) is 8.23. The van der Waals surface area contributed by atoms with Crippen LogP contribution in [0.25, 0.3) is 11.1 Å². The van der Waals surface area contributed by atoms with Gasteiger partial charge >= 0.3 is 5.97 Å². The van der Waals surface area contributed by atoms with Crippen LogP contribution in [0.3, 0.4) is 0 Å². The van der Waals surface area contributed by atoms with Gasteiger partial charge in [0.05, 0.1) is 18.2 Å². The van der Waals surface area contributed by atoms with Crippen molar-refractivity contribution in [2.45, 2.75) is 31.8 Å². The van der Waals surface area contributed by atoms with E-state index in [-0.39, 0.29) is 5.78 Å². The first kappa shape index (κ1) is 18.2. The number of Topliss-reactive ketones (excluding diaryl/α,β-unsaturated/α-hetero) is 1. The third kappa shape index (κ3) is 4.06. The lowest BCUT2D eigenvalue weighted by atomic mass is 9.96. The minimum Gasteiger partial charge on any atom is -0.450 e. The van der Waals surface area contributed by atoms with Gasteiger partial charge in [0, 0.05) is 25.1 Å². The molecule has 2 aliphatic rings. The Labute approximate surface area is 162 Å². The molecule has 1 aliphatic heterocycles. The quantitative estimate of drug-likeness (QED) is 0.747. The Morgan fingerprint density at radius 2 is 1.93 bits per heavy atom. The van der Waals surface area contributed by atoms with Crippen LogP contribution in [0, 0.1) is 0 Å². The van der Waals surface area contributed by atoms with Gasteiger partial charge in [-0.2, -0.15) is 0 Å². The minimum atomic E-state index is -0.583. The zero-order valence-corrected chi connectivity index (χ0v) is 16.0. The topological polar surface area (TPSA) is 55.8 Å². The van der Waals surface area contributed by atoms with E-state index in [4.69, 9.17) is 9.47 Å². The van der Waals surface area contributed by atoms with E-state index < -0.39 is 12.1 Å². The number of hydrogen-bond acceptors (Lipinski definition) is 6. The van der Waals surface area contributed by atoms with Crippen LogP contribution in [0.5, 0.6) is 0 Å². The normalized spacial score (nSPS) is 20.5. The molecule has 0 unspecified atom stereocenters. The van der Waals surface area contributed by atoms with Crippen LogP contribution in [-0.2, 0) is 14.3 Å². The summed E-state index contributed by atoms with van der Waals surface area (Å²) in [6.45, 7) is 2.97. The number of carbonyl (C=O) groups excluding carboxylic acids is 2. The second-order valence-electron chi connectivity index (χ2n) is 6.90. The van der Waals surface area contributed by atoms with Crippen molar-refractivity contribution in [2.24, 2.45) is 0 Å². The number of thiophene rings is 1. The summed E-state index contributed by atoms with van der Waals surface area (Å²) in [6.07, 6.45) is 2.39. The molecule has 1 saturated carbocycles. The third-order valence-electron chi connectivity index (χ3n) is 5.04. The van der Waals surface area contributed by atoms with Gasteiger partial charge in [0.25, 0.3) is 0 Å². The van der Waals surface area contributed by atoms with Crippen molar-refractivity contribution in [3.63, 3.8) is 0 Å². The lowest BCUT2D eigenvalue weighted by molar-refractivity contribution is -0.129. The summed E-state index contributed by atoms with van der Waals surface area (Å²) in [4.78, 5) is 27.5. The molecule has 27 heavy (non-hydrogen) atoms. The van der Waals surface area contributed by atoms with Gasteiger partial charge in [0.2, 0.25) is 0 Å². The second-order valence-corrected chi connectivity index (χ2v) is 7.93. The molecule has 1 saturated heterocycles. The maximum absolute atomic E-state index is 12.7.